The summed E-state index contributed by atoms with van der Waals surface area (Å²) in [5.41, 5.74) is 5.97. The number of carbonyl (C=O) groups excluding carboxylic acids is 2. The maximum atomic E-state index is 12.3. The van der Waals surface area contributed by atoms with Crippen molar-refractivity contribution in [1.29, 1.82) is 0 Å². The molecule has 23 heavy (non-hydrogen) atoms. The Balaban J connectivity index is 1.70. The van der Waals surface area contributed by atoms with E-state index in [-0.39, 0.29) is 11.8 Å². The molecule has 0 atom stereocenters. The van der Waals surface area contributed by atoms with Crippen LogP contribution in [0.1, 0.15) is 39.0 Å². The molecule has 0 aromatic heterocycles. The normalized spacial score (nSPS) is 13.2. The van der Waals surface area contributed by atoms with Gasteiger partial charge in [-0.15, -0.1) is 0 Å². The van der Waals surface area contributed by atoms with Crippen molar-refractivity contribution in [1.82, 2.24) is 5.32 Å². The summed E-state index contributed by atoms with van der Waals surface area (Å²) in [6.45, 7) is 4.62. The monoisotopic (exact) mass is 308 g/mol. The first kappa shape index (κ1) is 15.3. The highest BCUT2D eigenvalue weighted by Crippen LogP contribution is 2.23. The summed E-state index contributed by atoms with van der Waals surface area (Å²) in [5.74, 6) is -0.0609. The summed E-state index contributed by atoms with van der Waals surface area (Å²) < 4.78 is 0. The Morgan fingerprint density at radius 3 is 2.74 bits per heavy atom. The van der Waals surface area contributed by atoms with Gasteiger partial charge in [0.25, 0.3) is 5.91 Å². The van der Waals surface area contributed by atoms with E-state index in [4.69, 9.17) is 0 Å². The molecule has 0 unspecified atom stereocenters. The maximum Gasteiger partial charge on any atom is 0.251 e. The molecule has 4 nitrogen and oxygen atoms in total. The van der Waals surface area contributed by atoms with Gasteiger partial charge in [0.05, 0.1) is 0 Å². The van der Waals surface area contributed by atoms with Gasteiger partial charge in [0.15, 0.2) is 0 Å². The number of hydrogen-bond donors (Lipinski definition) is 2. The molecular weight excluding hydrogens is 288 g/mol. The molecule has 118 valence electrons. The van der Waals surface area contributed by atoms with Gasteiger partial charge in [-0.1, -0.05) is 23.8 Å². The molecule has 0 saturated heterocycles. The molecule has 0 radical (unpaired) electrons. The van der Waals surface area contributed by atoms with Crippen LogP contribution in [0.5, 0.6) is 0 Å². The van der Waals surface area contributed by atoms with Gasteiger partial charge in [-0.2, -0.15) is 0 Å². The Morgan fingerprint density at radius 2 is 1.96 bits per heavy atom. The Bertz CT molecular complexity index is 781. The van der Waals surface area contributed by atoms with Gasteiger partial charge in [-0.3, -0.25) is 9.59 Å². The maximum absolute atomic E-state index is 12.3. The predicted molar refractivity (Wildman–Crippen MR) is 90.5 cm³/mol. The topological polar surface area (TPSA) is 58.2 Å². The lowest BCUT2D eigenvalue weighted by Gasteiger charge is -2.17. The van der Waals surface area contributed by atoms with Crippen molar-refractivity contribution >= 4 is 17.5 Å². The number of carbonyl (C=O) groups is 2. The zero-order valence-electron chi connectivity index (χ0n) is 13.4. The second-order valence-electron chi connectivity index (χ2n) is 6.03. The standard InChI is InChI=1S/C19H20N2O2/c1-12-3-4-16(13(2)9-12)11-20-19(23)15-5-7-17-14(10-15)6-8-18(22)21-17/h3-5,7,9-10H,6,8,11H2,1-2H3,(H,20,23)(H,21,22). The van der Waals surface area contributed by atoms with Crippen LogP contribution in [0.3, 0.4) is 0 Å². The van der Waals surface area contributed by atoms with Crippen LogP contribution in [-0.4, -0.2) is 11.8 Å². The molecular formula is C19H20N2O2. The fraction of sp³-hybridized carbons (Fsp3) is 0.263. The SMILES string of the molecule is Cc1ccc(CNC(=O)c2ccc3c(c2)CCC(=O)N3)c(C)c1. The number of hydrogen-bond acceptors (Lipinski definition) is 2. The fourth-order valence-corrected chi connectivity index (χ4v) is 2.85. The predicted octanol–water partition coefficient (Wildman–Crippen LogP) is 3.12. The quantitative estimate of drug-likeness (QED) is 0.915. The van der Waals surface area contributed by atoms with Crippen molar-refractivity contribution in [2.45, 2.75) is 33.2 Å². The van der Waals surface area contributed by atoms with Crippen LogP contribution < -0.4 is 10.6 Å². The van der Waals surface area contributed by atoms with Gasteiger partial charge in [0.1, 0.15) is 0 Å². The molecule has 0 saturated carbocycles. The molecule has 0 fully saturated rings. The highest BCUT2D eigenvalue weighted by atomic mass is 16.2. The van der Waals surface area contributed by atoms with Crippen LogP contribution in [0.2, 0.25) is 0 Å². The summed E-state index contributed by atoms with van der Waals surface area (Å²) >= 11 is 0. The van der Waals surface area contributed by atoms with Crippen LogP contribution in [0.15, 0.2) is 36.4 Å². The van der Waals surface area contributed by atoms with E-state index in [1.165, 1.54) is 11.1 Å². The van der Waals surface area contributed by atoms with Gasteiger partial charge in [0.2, 0.25) is 5.91 Å². The average Bonchev–Trinajstić information content (AvgIpc) is 2.53. The lowest BCUT2D eigenvalue weighted by Crippen LogP contribution is -2.24. The lowest BCUT2D eigenvalue weighted by molar-refractivity contribution is -0.116. The number of fused-ring (bicyclic) bond motifs is 1. The zero-order chi connectivity index (χ0) is 16.4. The molecule has 3 rings (SSSR count). The van der Waals surface area contributed by atoms with Crippen molar-refractivity contribution in [3.63, 3.8) is 0 Å². The molecule has 2 aromatic carbocycles. The smallest absolute Gasteiger partial charge is 0.251 e. The molecule has 2 amide bonds. The summed E-state index contributed by atoms with van der Waals surface area (Å²) in [6.07, 6.45) is 1.15. The zero-order valence-corrected chi connectivity index (χ0v) is 13.4. The highest BCUT2D eigenvalue weighted by molar-refractivity contribution is 5.97. The molecule has 1 aliphatic heterocycles. The van der Waals surface area contributed by atoms with Crippen molar-refractivity contribution in [3.05, 3.63) is 64.2 Å². The van der Waals surface area contributed by atoms with Crippen molar-refractivity contribution in [2.75, 3.05) is 5.32 Å². The molecule has 1 heterocycles. The molecule has 2 N–H and O–H groups in total. The lowest BCUT2D eigenvalue weighted by atomic mass is 10.00. The minimum atomic E-state index is -0.0929. The Kier molecular flexibility index (Phi) is 4.15. The van der Waals surface area contributed by atoms with Crippen molar-refractivity contribution < 1.29 is 9.59 Å². The molecule has 0 bridgehead atoms. The first-order valence-electron chi connectivity index (χ1n) is 7.80. The number of nitrogens with one attached hydrogen (secondary N) is 2. The van der Waals surface area contributed by atoms with E-state index in [1.807, 2.05) is 12.1 Å². The molecule has 4 heteroatoms. The largest absolute Gasteiger partial charge is 0.348 e. The van der Waals surface area contributed by atoms with Gasteiger partial charge in [0, 0.05) is 24.2 Å². The third-order valence-corrected chi connectivity index (χ3v) is 4.20. The minimum Gasteiger partial charge on any atom is -0.348 e. The second kappa shape index (κ2) is 6.24. The third-order valence-electron chi connectivity index (χ3n) is 4.20. The fourth-order valence-electron chi connectivity index (χ4n) is 2.85. The Labute approximate surface area is 135 Å². The number of aryl methyl sites for hydroxylation is 3. The van der Waals surface area contributed by atoms with Gasteiger partial charge >= 0.3 is 0 Å². The average molecular weight is 308 g/mol. The van der Waals surface area contributed by atoms with Crippen LogP contribution >= 0.6 is 0 Å². The molecule has 1 aliphatic rings. The number of anilines is 1. The number of rotatable bonds is 3. The summed E-state index contributed by atoms with van der Waals surface area (Å²) in [5, 5.41) is 5.79. The van der Waals surface area contributed by atoms with Crippen molar-refractivity contribution in [3.8, 4) is 0 Å². The van der Waals surface area contributed by atoms with Crippen LogP contribution in [0, 0.1) is 13.8 Å². The van der Waals surface area contributed by atoms with Gasteiger partial charge in [-0.05, 0) is 55.2 Å². The minimum absolute atomic E-state index is 0.0320. The van der Waals surface area contributed by atoms with E-state index in [9.17, 15) is 9.59 Å². The van der Waals surface area contributed by atoms with Crippen LogP contribution in [-0.2, 0) is 17.8 Å². The van der Waals surface area contributed by atoms with Crippen LogP contribution in [0.25, 0.3) is 0 Å². The van der Waals surface area contributed by atoms with E-state index in [2.05, 4.69) is 36.6 Å². The highest BCUT2D eigenvalue weighted by Gasteiger charge is 2.16. The van der Waals surface area contributed by atoms with E-state index in [1.54, 1.807) is 12.1 Å². The number of amides is 2. The van der Waals surface area contributed by atoms with E-state index < -0.39 is 0 Å². The Morgan fingerprint density at radius 1 is 1.13 bits per heavy atom. The third kappa shape index (κ3) is 3.42. The van der Waals surface area contributed by atoms with Gasteiger partial charge < -0.3 is 10.6 Å². The summed E-state index contributed by atoms with van der Waals surface area (Å²) in [7, 11) is 0. The van der Waals surface area contributed by atoms with Crippen molar-refractivity contribution in [2.24, 2.45) is 0 Å². The summed E-state index contributed by atoms with van der Waals surface area (Å²) in [6, 6.07) is 11.6. The first-order valence-corrected chi connectivity index (χ1v) is 7.80. The van der Waals surface area contributed by atoms with Crippen LogP contribution in [0.4, 0.5) is 5.69 Å². The van der Waals surface area contributed by atoms with E-state index in [0.29, 0.717) is 24.9 Å². The molecule has 0 aliphatic carbocycles. The molecule has 0 spiro atoms. The second-order valence-corrected chi connectivity index (χ2v) is 6.03. The molecule has 2 aromatic rings. The number of benzene rings is 2. The van der Waals surface area contributed by atoms with Gasteiger partial charge in [-0.25, -0.2) is 0 Å². The van der Waals surface area contributed by atoms with E-state index >= 15 is 0 Å². The van der Waals surface area contributed by atoms with E-state index in [0.717, 1.165) is 16.8 Å². The first-order chi connectivity index (χ1) is 11.0. The Hall–Kier alpha value is -2.62. The summed E-state index contributed by atoms with van der Waals surface area (Å²) in [4.78, 5) is 23.7.